The number of hydrogen-bond acceptors (Lipinski definition) is 5. The first-order chi connectivity index (χ1) is 14.2. The molecule has 11 heteroatoms. The number of halogens is 3. The Morgan fingerprint density at radius 3 is 2.29 bits per heavy atom. The van der Waals surface area contributed by atoms with Crippen LogP contribution in [0.15, 0.2) is 52.4 Å². The molecule has 0 aromatic heterocycles. The standard InChI is InChI=1S/C20H25F2N3O4S.HI/c1-4-28-17-7-5-6-15(18(17)29-19(21)22)13-25-20(23-2)24-12-14-8-10-16(11-9-14)30(3,26)27;/h5-11,19H,4,12-13H2,1-3H3,(H2,23,24,25);1H. The Balaban J connectivity index is 0.00000480. The van der Waals surface area contributed by atoms with Gasteiger partial charge in [-0.05, 0) is 30.7 Å². The number of sulfone groups is 1. The average molecular weight is 569 g/mol. The van der Waals surface area contributed by atoms with E-state index in [0.29, 0.717) is 24.7 Å². The first-order valence-corrected chi connectivity index (χ1v) is 11.1. The molecule has 2 aromatic rings. The van der Waals surface area contributed by atoms with E-state index in [0.717, 1.165) is 11.8 Å². The van der Waals surface area contributed by atoms with E-state index in [2.05, 4.69) is 20.4 Å². The molecule has 2 N–H and O–H groups in total. The summed E-state index contributed by atoms with van der Waals surface area (Å²) in [6, 6.07) is 11.4. The summed E-state index contributed by atoms with van der Waals surface area (Å²) < 4.78 is 58.7. The Bertz CT molecular complexity index is 971. The fourth-order valence-corrected chi connectivity index (χ4v) is 3.26. The van der Waals surface area contributed by atoms with Crippen molar-refractivity contribution in [2.24, 2.45) is 4.99 Å². The minimum absolute atomic E-state index is 0. The van der Waals surface area contributed by atoms with Crippen LogP contribution in [0, 0.1) is 0 Å². The van der Waals surface area contributed by atoms with Crippen molar-refractivity contribution in [1.82, 2.24) is 10.6 Å². The van der Waals surface area contributed by atoms with Gasteiger partial charge in [0.2, 0.25) is 0 Å². The molecule has 0 bridgehead atoms. The lowest BCUT2D eigenvalue weighted by atomic mass is 10.2. The molecular formula is C20H26F2IN3O4S. The van der Waals surface area contributed by atoms with E-state index in [1.165, 1.54) is 12.1 Å². The van der Waals surface area contributed by atoms with E-state index < -0.39 is 16.4 Å². The van der Waals surface area contributed by atoms with E-state index in [9.17, 15) is 17.2 Å². The van der Waals surface area contributed by atoms with Crippen LogP contribution in [0.4, 0.5) is 8.78 Å². The van der Waals surface area contributed by atoms with Crippen LogP contribution in [0.2, 0.25) is 0 Å². The molecule has 0 aliphatic heterocycles. The lowest BCUT2D eigenvalue weighted by Gasteiger charge is -2.17. The van der Waals surface area contributed by atoms with Crippen molar-refractivity contribution < 1.29 is 26.7 Å². The van der Waals surface area contributed by atoms with Crippen molar-refractivity contribution in [3.05, 3.63) is 53.6 Å². The second-order valence-electron chi connectivity index (χ2n) is 6.25. The Morgan fingerprint density at radius 1 is 1.10 bits per heavy atom. The van der Waals surface area contributed by atoms with Gasteiger partial charge >= 0.3 is 6.61 Å². The summed E-state index contributed by atoms with van der Waals surface area (Å²) in [6.07, 6.45) is 1.15. The molecule has 172 valence electrons. The van der Waals surface area contributed by atoms with Crippen LogP contribution >= 0.6 is 24.0 Å². The number of hydrogen-bond donors (Lipinski definition) is 2. The van der Waals surface area contributed by atoms with Gasteiger partial charge in [-0.25, -0.2) is 8.42 Å². The van der Waals surface area contributed by atoms with Crippen molar-refractivity contribution >= 4 is 39.8 Å². The summed E-state index contributed by atoms with van der Waals surface area (Å²) in [7, 11) is -1.67. The summed E-state index contributed by atoms with van der Waals surface area (Å²) in [5, 5.41) is 6.12. The van der Waals surface area contributed by atoms with Gasteiger partial charge in [0.15, 0.2) is 27.3 Å². The van der Waals surface area contributed by atoms with Gasteiger partial charge < -0.3 is 20.1 Å². The number of aliphatic imine (C=N–C) groups is 1. The third-order valence-electron chi connectivity index (χ3n) is 4.05. The molecule has 2 rings (SSSR count). The first kappa shape index (κ1) is 26.9. The van der Waals surface area contributed by atoms with Crippen LogP contribution in [0.5, 0.6) is 11.5 Å². The van der Waals surface area contributed by atoms with Crippen LogP contribution in [0.25, 0.3) is 0 Å². The maximum Gasteiger partial charge on any atom is 0.387 e. The molecule has 0 amide bonds. The van der Waals surface area contributed by atoms with E-state index >= 15 is 0 Å². The maximum absolute atomic E-state index is 12.8. The summed E-state index contributed by atoms with van der Waals surface area (Å²) in [6.45, 7) is -0.334. The molecule has 0 aliphatic rings. The summed E-state index contributed by atoms with van der Waals surface area (Å²) in [4.78, 5) is 4.35. The van der Waals surface area contributed by atoms with Gasteiger partial charge in [0.05, 0.1) is 11.5 Å². The smallest absolute Gasteiger partial charge is 0.387 e. The van der Waals surface area contributed by atoms with Crippen LogP contribution in [-0.4, -0.2) is 40.9 Å². The van der Waals surface area contributed by atoms with E-state index in [1.54, 1.807) is 44.3 Å². The molecule has 7 nitrogen and oxygen atoms in total. The molecule has 0 atom stereocenters. The SMILES string of the molecule is CCOc1cccc(CNC(=NC)NCc2ccc(S(C)(=O)=O)cc2)c1OC(F)F.I. The fourth-order valence-electron chi connectivity index (χ4n) is 2.63. The summed E-state index contributed by atoms with van der Waals surface area (Å²) in [5.41, 5.74) is 1.34. The number of rotatable bonds is 9. The number of guanidine groups is 1. The molecular weight excluding hydrogens is 543 g/mol. The second-order valence-corrected chi connectivity index (χ2v) is 8.27. The van der Waals surface area contributed by atoms with E-state index in [-0.39, 0.29) is 46.9 Å². The van der Waals surface area contributed by atoms with Gasteiger partial charge in [0.1, 0.15) is 0 Å². The monoisotopic (exact) mass is 569 g/mol. The lowest BCUT2D eigenvalue weighted by Crippen LogP contribution is -2.36. The highest BCUT2D eigenvalue weighted by molar-refractivity contribution is 14.0. The Labute approximate surface area is 198 Å². The molecule has 0 spiro atoms. The number of nitrogens with one attached hydrogen (secondary N) is 2. The maximum atomic E-state index is 12.8. The fraction of sp³-hybridized carbons (Fsp3) is 0.350. The highest BCUT2D eigenvalue weighted by atomic mass is 127. The molecule has 0 saturated heterocycles. The van der Waals surface area contributed by atoms with Gasteiger partial charge in [-0.2, -0.15) is 8.78 Å². The van der Waals surface area contributed by atoms with Crippen molar-refractivity contribution in [3.8, 4) is 11.5 Å². The molecule has 0 heterocycles. The lowest BCUT2D eigenvalue weighted by molar-refractivity contribution is -0.0520. The Kier molecular flexibility index (Phi) is 11.0. The van der Waals surface area contributed by atoms with E-state index in [1.807, 2.05) is 0 Å². The largest absolute Gasteiger partial charge is 0.490 e. The minimum atomic E-state index is -3.25. The zero-order valence-electron chi connectivity index (χ0n) is 17.4. The van der Waals surface area contributed by atoms with Gasteiger partial charge in [-0.1, -0.05) is 24.3 Å². The first-order valence-electron chi connectivity index (χ1n) is 9.17. The van der Waals surface area contributed by atoms with Gasteiger partial charge in [0.25, 0.3) is 0 Å². The van der Waals surface area contributed by atoms with Crippen molar-refractivity contribution in [3.63, 3.8) is 0 Å². The third-order valence-corrected chi connectivity index (χ3v) is 5.18. The van der Waals surface area contributed by atoms with Gasteiger partial charge in [-0.15, -0.1) is 24.0 Å². The van der Waals surface area contributed by atoms with Crippen LogP contribution in [-0.2, 0) is 22.9 Å². The quantitative estimate of drug-likeness (QED) is 0.273. The van der Waals surface area contributed by atoms with Crippen LogP contribution in [0.3, 0.4) is 0 Å². The Morgan fingerprint density at radius 2 is 1.74 bits per heavy atom. The molecule has 31 heavy (non-hydrogen) atoms. The Hall–Kier alpha value is -2.15. The number of benzene rings is 2. The van der Waals surface area contributed by atoms with Crippen molar-refractivity contribution in [1.29, 1.82) is 0 Å². The molecule has 0 aliphatic carbocycles. The number of ether oxygens (including phenoxy) is 2. The van der Waals surface area contributed by atoms with Crippen molar-refractivity contribution in [2.75, 3.05) is 19.9 Å². The predicted molar refractivity (Wildman–Crippen MR) is 126 cm³/mol. The molecule has 0 unspecified atom stereocenters. The molecule has 0 radical (unpaired) electrons. The van der Waals surface area contributed by atoms with Crippen LogP contribution < -0.4 is 20.1 Å². The topological polar surface area (TPSA) is 89.0 Å². The summed E-state index contributed by atoms with van der Waals surface area (Å²) >= 11 is 0. The normalized spacial score (nSPS) is 11.6. The molecule has 2 aromatic carbocycles. The zero-order chi connectivity index (χ0) is 22.1. The predicted octanol–water partition coefficient (Wildman–Crippen LogP) is 3.57. The van der Waals surface area contributed by atoms with Crippen LogP contribution in [0.1, 0.15) is 18.1 Å². The number of nitrogens with zero attached hydrogens (tertiary/aromatic N) is 1. The zero-order valence-corrected chi connectivity index (χ0v) is 20.5. The van der Waals surface area contributed by atoms with Crippen molar-refractivity contribution in [2.45, 2.75) is 31.5 Å². The number of para-hydroxylation sites is 1. The number of alkyl halides is 2. The summed E-state index contributed by atoms with van der Waals surface area (Å²) in [5.74, 6) is 0.659. The molecule has 0 saturated carbocycles. The highest BCUT2D eigenvalue weighted by Gasteiger charge is 2.16. The molecule has 0 fully saturated rings. The highest BCUT2D eigenvalue weighted by Crippen LogP contribution is 2.32. The second kappa shape index (κ2) is 12.6. The van der Waals surface area contributed by atoms with E-state index in [4.69, 9.17) is 4.74 Å². The van der Waals surface area contributed by atoms with Gasteiger partial charge in [-0.3, -0.25) is 4.99 Å². The van der Waals surface area contributed by atoms with Gasteiger partial charge in [0, 0.05) is 32.0 Å². The third kappa shape index (κ3) is 8.48. The minimum Gasteiger partial charge on any atom is -0.490 e. The average Bonchev–Trinajstić information content (AvgIpc) is 2.69.